The Morgan fingerprint density at radius 3 is 2.45 bits per heavy atom. The van der Waals surface area contributed by atoms with E-state index in [4.69, 9.17) is 5.11 Å². The Bertz CT molecular complexity index is 519. The Kier molecular flexibility index (Phi) is 5.42. The number of benzene rings is 1. The number of carboxylic acid groups (broad SMARTS) is 1. The van der Waals surface area contributed by atoms with Gasteiger partial charge >= 0.3 is 12.0 Å². The van der Waals surface area contributed by atoms with Crippen molar-refractivity contribution in [2.75, 3.05) is 11.9 Å². The average molecular weight is 286 g/mol. The summed E-state index contributed by atoms with van der Waals surface area (Å²) in [6.07, 6.45) is 0.750. The highest BCUT2D eigenvalue weighted by atomic mass is 19.1. The van der Waals surface area contributed by atoms with Gasteiger partial charge in [0.1, 0.15) is 11.6 Å². The number of anilines is 1. The number of amides is 2. The highest BCUT2D eigenvalue weighted by Gasteiger charge is 2.16. The van der Waals surface area contributed by atoms with E-state index in [2.05, 4.69) is 10.6 Å². The normalized spacial score (nSPS) is 10.4. The first-order chi connectivity index (χ1) is 9.31. The van der Waals surface area contributed by atoms with Crippen molar-refractivity contribution >= 4 is 17.7 Å². The number of halogens is 2. The van der Waals surface area contributed by atoms with Gasteiger partial charge in [-0.05, 0) is 18.4 Å². The van der Waals surface area contributed by atoms with Crippen LogP contribution in [0.4, 0.5) is 19.3 Å². The largest absolute Gasteiger partial charge is 0.478 e. The molecule has 0 aromatic heterocycles. The maximum Gasteiger partial charge on any atom is 0.338 e. The first-order valence-electron chi connectivity index (χ1n) is 6.08. The third-order valence-corrected chi connectivity index (χ3v) is 2.54. The minimum absolute atomic E-state index is 0.383. The molecule has 0 saturated heterocycles. The third-order valence-electron chi connectivity index (χ3n) is 2.54. The van der Waals surface area contributed by atoms with Crippen LogP contribution >= 0.6 is 0 Å². The summed E-state index contributed by atoms with van der Waals surface area (Å²) in [5.41, 5.74) is -1.09. The lowest BCUT2D eigenvalue weighted by Gasteiger charge is -2.10. The first kappa shape index (κ1) is 15.9. The number of hydrogen-bond acceptors (Lipinski definition) is 2. The Hall–Kier alpha value is -2.18. The molecule has 3 N–H and O–H groups in total. The number of aromatic carboxylic acids is 1. The number of urea groups is 1. The number of carboxylic acids is 1. The number of carbonyl (C=O) groups is 2. The van der Waals surface area contributed by atoms with E-state index in [1.54, 1.807) is 0 Å². The smallest absolute Gasteiger partial charge is 0.338 e. The van der Waals surface area contributed by atoms with Crippen LogP contribution in [0.25, 0.3) is 0 Å². The van der Waals surface area contributed by atoms with Crippen molar-refractivity contribution in [3.63, 3.8) is 0 Å². The van der Waals surface area contributed by atoms with Gasteiger partial charge in [-0.3, -0.25) is 0 Å². The molecule has 0 radical (unpaired) electrons. The predicted octanol–water partition coefficient (Wildman–Crippen LogP) is 2.83. The fraction of sp³-hybridized carbons (Fsp3) is 0.385. The van der Waals surface area contributed by atoms with Crippen LogP contribution in [-0.2, 0) is 0 Å². The molecular weight excluding hydrogens is 270 g/mol. The molecule has 110 valence electrons. The highest BCUT2D eigenvalue weighted by Crippen LogP contribution is 2.19. The summed E-state index contributed by atoms with van der Waals surface area (Å²) in [5.74, 6) is -3.37. The zero-order valence-corrected chi connectivity index (χ0v) is 11.2. The molecule has 2 amide bonds. The SMILES string of the molecule is CC(C)CCNC(=O)Nc1cc(C(=O)O)c(F)cc1F. The number of nitrogens with one attached hydrogen (secondary N) is 2. The third kappa shape index (κ3) is 4.49. The fourth-order valence-electron chi connectivity index (χ4n) is 1.45. The number of rotatable bonds is 5. The second-order valence-electron chi connectivity index (χ2n) is 4.68. The Balaban J connectivity index is 2.74. The van der Waals surface area contributed by atoms with E-state index in [1.807, 2.05) is 13.8 Å². The van der Waals surface area contributed by atoms with Crippen LogP contribution in [0.3, 0.4) is 0 Å². The molecule has 7 heteroatoms. The predicted molar refractivity (Wildman–Crippen MR) is 69.8 cm³/mol. The van der Waals surface area contributed by atoms with Crippen LogP contribution in [-0.4, -0.2) is 23.7 Å². The van der Waals surface area contributed by atoms with Crippen LogP contribution in [0.2, 0.25) is 0 Å². The van der Waals surface area contributed by atoms with Crippen molar-refractivity contribution < 1.29 is 23.5 Å². The summed E-state index contributed by atoms with van der Waals surface area (Å²) in [5, 5.41) is 13.4. The van der Waals surface area contributed by atoms with Gasteiger partial charge in [-0.25, -0.2) is 18.4 Å². The van der Waals surface area contributed by atoms with E-state index >= 15 is 0 Å². The lowest BCUT2D eigenvalue weighted by atomic mass is 10.1. The fourth-order valence-corrected chi connectivity index (χ4v) is 1.45. The van der Waals surface area contributed by atoms with E-state index in [-0.39, 0.29) is 5.69 Å². The minimum atomic E-state index is -1.54. The number of hydrogen-bond donors (Lipinski definition) is 3. The lowest BCUT2D eigenvalue weighted by Crippen LogP contribution is -2.30. The van der Waals surface area contributed by atoms with Crippen molar-refractivity contribution in [2.24, 2.45) is 5.92 Å². The van der Waals surface area contributed by atoms with Gasteiger partial charge in [0, 0.05) is 12.6 Å². The molecule has 0 aliphatic rings. The molecule has 1 aromatic rings. The van der Waals surface area contributed by atoms with Gasteiger partial charge in [0.05, 0.1) is 11.3 Å². The highest BCUT2D eigenvalue weighted by molar-refractivity contribution is 5.93. The molecule has 0 fully saturated rings. The van der Waals surface area contributed by atoms with Gasteiger partial charge in [-0.1, -0.05) is 13.8 Å². The van der Waals surface area contributed by atoms with Gasteiger partial charge < -0.3 is 15.7 Å². The Morgan fingerprint density at radius 1 is 1.25 bits per heavy atom. The summed E-state index contributed by atoms with van der Waals surface area (Å²) in [6, 6.07) is 0.495. The average Bonchev–Trinajstić information content (AvgIpc) is 2.31. The second kappa shape index (κ2) is 6.83. The zero-order chi connectivity index (χ0) is 15.3. The van der Waals surface area contributed by atoms with Crippen LogP contribution in [0.15, 0.2) is 12.1 Å². The summed E-state index contributed by atoms with van der Waals surface area (Å²) in [4.78, 5) is 22.2. The lowest BCUT2D eigenvalue weighted by molar-refractivity contribution is 0.0692. The molecule has 1 rings (SSSR count). The van der Waals surface area contributed by atoms with Crippen molar-refractivity contribution in [3.8, 4) is 0 Å². The molecule has 5 nitrogen and oxygen atoms in total. The maximum atomic E-state index is 13.4. The monoisotopic (exact) mass is 286 g/mol. The summed E-state index contributed by atoms with van der Waals surface area (Å²) < 4.78 is 26.6. The van der Waals surface area contributed by atoms with E-state index in [9.17, 15) is 18.4 Å². The minimum Gasteiger partial charge on any atom is -0.478 e. The standard InChI is InChI=1S/C13H16F2N2O3/c1-7(2)3-4-16-13(20)17-11-5-8(12(18)19)9(14)6-10(11)15/h5-7H,3-4H2,1-2H3,(H,18,19)(H2,16,17,20). The molecule has 0 heterocycles. The maximum absolute atomic E-state index is 13.4. The van der Waals surface area contributed by atoms with Crippen molar-refractivity contribution in [1.82, 2.24) is 5.32 Å². The van der Waals surface area contributed by atoms with E-state index in [1.165, 1.54) is 0 Å². The molecule has 0 saturated carbocycles. The molecule has 0 bridgehead atoms. The second-order valence-corrected chi connectivity index (χ2v) is 4.68. The zero-order valence-electron chi connectivity index (χ0n) is 11.2. The van der Waals surface area contributed by atoms with E-state index in [0.29, 0.717) is 18.5 Å². The van der Waals surface area contributed by atoms with Gasteiger partial charge in [-0.2, -0.15) is 0 Å². The topological polar surface area (TPSA) is 78.4 Å². The summed E-state index contributed by atoms with van der Waals surface area (Å²) in [7, 11) is 0. The van der Waals surface area contributed by atoms with Crippen molar-refractivity contribution in [1.29, 1.82) is 0 Å². The van der Waals surface area contributed by atoms with Gasteiger partial charge in [0.25, 0.3) is 0 Å². The van der Waals surface area contributed by atoms with Crippen LogP contribution < -0.4 is 10.6 Å². The molecule has 1 aromatic carbocycles. The Morgan fingerprint density at radius 2 is 1.90 bits per heavy atom. The molecule has 20 heavy (non-hydrogen) atoms. The molecule has 0 aliphatic heterocycles. The summed E-state index contributed by atoms with van der Waals surface area (Å²) >= 11 is 0. The van der Waals surface area contributed by atoms with E-state index < -0.39 is 29.2 Å². The molecule has 0 aliphatic carbocycles. The van der Waals surface area contributed by atoms with Crippen molar-refractivity contribution in [2.45, 2.75) is 20.3 Å². The van der Waals surface area contributed by atoms with Crippen LogP contribution in [0.5, 0.6) is 0 Å². The van der Waals surface area contributed by atoms with Gasteiger partial charge in [0.2, 0.25) is 0 Å². The quantitative estimate of drug-likeness (QED) is 0.778. The Labute approximate surface area is 115 Å². The molecule has 0 unspecified atom stereocenters. The van der Waals surface area contributed by atoms with Gasteiger partial charge in [0.15, 0.2) is 0 Å². The van der Waals surface area contributed by atoms with E-state index in [0.717, 1.165) is 12.5 Å². The molecule has 0 spiro atoms. The van der Waals surface area contributed by atoms with Gasteiger partial charge in [-0.15, -0.1) is 0 Å². The summed E-state index contributed by atoms with van der Waals surface area (Å²) in [6.45, 7) is 4.37. The van der Waals surface area contributed by atoms with Crippen molar-refractivity contribution in [3.05, 3.63) is 29.3 Å². The molecule has 0 atom stereocenters. The first-order valence-corrected chi connectivity index (χ1v) is 6.08. The van der Waals surface area contributed by atoms with Crippen LogP contribution in [0.1, 0.15) is 30.6 Å². The number of carbonyl (C=O) groups excluding carboxylic acids is 1. The molecular formula is C13H16F2N2O3. The van der Waals surface area contributed by atoms with Crippen LogP contribution in [0, 0.1) is 17.6 Å².